The lowest BCUT2D eigenvalue weighted by Gasteiger charge is -2.35. The first-order valence-corrected chi connectivity index (χ1v) is 7.04. The van der Waals surface area contributed by atoms with Crippen molar-refractivity contribution in [2.45, 2.75) is 52.0 Å². The third kappa shape index (κ3) is 2.90. The third-order valence-corrected chi connectivity index (χ3v) is 4.38. The van der Waals surface area contributed by atoms with Crippen LogP contribution in [-0.4, -0.2) is 0 Å². The minimum absolute atomic E-state index is 0.236. The number of rotatable bonds is 3. The fourth-order valence-electron chi connectivity index (χ4n) is 3.34. The number of hydrogen-bond donors (Lipinski definition) is 1. The Hall–Kier alpha value is -0.820. The minimum Gasteiger partial charge on any atom is -0.324 e. The SMILES string of the molecule is CCC1CCCCC1C(N)c1cccc(C)c1. The van der Waals surface area contributed by atoms with Crippen LogP contribution in [0, 0.1) is 18.8 Å². The van der Waals surface area contributed by atoms with E-state index in [-0.39, 0.29) is 6.04 Å². The van der Waals surface area contributed by atoms with Crippen molar-refractivity contribution in [2.75, 3.05) is 0 Å². The van der Waals surface area contributed by atoms with E-state index < -0.39 is 0 Å². The zero-order chi connectivity index (χ0) is 12.3. The molecule has 0 spiro atoms. The Kier molecular flexibility index (Phi) is 4.22. The van der Waals surface area contributed by atoms with Gasteiger partial charge in [-0.25, -0.2) is 0 Å². The second kappa shape index (κ2) is 5.68. The molecule has 94 valence electrons. The van der Waals surface area contributed by atoms with Gasteiger partial charge < -0.3 is 5.73 Å². The molecule has 1 saturated carbocycles. The van der Waals surface area contributed by atoms with Gasteiger partial charge in [-0.3, -0.25) is 0 Å². The largest absolute Gasteiger partial charge is 0.324 e. The van der Waals surface area contributed by atoms with Crippen molar-refractivity contribution in [2.24, 2.45) is 17.6 Å². The molecule has 1 heteroatoms. The van der Waals surface area contributed by atoms with Gasteiger partial charge in [0.05, 0.1) is 0 Å². The topological polar surface area (TPSA) is 26.0 Å². The van der Waals surface area contributed by atoms with Crippen molar-refractivity contribution < 1.29 is 0 Å². The molecule has 2 N–H and O–H groups in total. The van der Waals surface area contributed by atoms with Crippen molar-refractivity contribution >= 4 is 0 Å². The molecule has 1 aliphatic rings. The summed E-state index contributed by atoms with van der Waals surface area (Å²) in [5, 5.41) is 0. The Balaban J connectivity index is 2.15. The maximum atomic E-state index is 6.50. The number of hydrogen-bond acceptors (Lipinski definition) is 1. The summed E-state index contributed by atoms with van der Waals surface area (Å²) < 4.78 is 0. The van der Waals surface area contributed by atoms with E-state index in [9.17, 15) is 0 Å². The molecular weight excluding hydrogens is 206 g/mol. The molecule has 0 aromatic heterocycles. The summed E-state index contributed by atoms with van der Waals surface area (Å²) in [6, 6.07) is 8.97. The Morgan fingerprint density at radius 3 is 2.76 bits per heavy atom. The molecule has 1 nitrogen and oxygen atoms in total. The molecule has 3 unspecified atom stereocenters. The van der Waals surface area contributed by atoms with Crippen LogP contribution >= 0.6 is 0 Å². The van der Waals surface area contributed by atoms with E-state index in [1.807, 2.05) is 0 Å². The summed E-state index contributed by atoms with van der Waals surface area (Å²) in [6.45, 7) is 4.46. The predicted octanol–water partition coefficient (Wildman–Crippen LogP) is 4.21. The second-order valence-corrected chi connectivity index (χ2v) is 5.56. The van der Waals surface area contributed by atoms with Crippen LogP contribution in [0.25, 0.3) is 0 Å². The van der Waals surface area contributed by atoms with E-state index in [0.29, 0.717) is 5.92 Å². The lowest BCUT2D eigenvalue weighted by atomic mass is 9.72. The van der Waals surface area contributed by atoms with Gasteiger partial charge in [-0.2, -0.15) is 0 Å². The van der Waals surface area contributed by atoms with Gasteiger partial charge in [0.15, 0.2) is 0 Å². The molecular formula is C16H25N. The van der Waals surface area contributed by atoms with Crippen molar-refractivity contribution in [3.05, 3.63) is 35.4 Å². The summed E-state index contributed by atoms with van der Waals surface area (Å²) in [7, 11) is 0. The molecule has 0 amide bonds. The summed E-state index contributed by atoms with van der Waals surface area (Å²) in [6.07, 6.45) is 6.73. The average Bonchev–Trinajstić information content (AvgIpc) is 2.38. The molecule has 2 rings (SSSR count). The Morgan fingerprint density at radius 1 is 1.29 bits per heavy atom. The first kappa shape index (κ1) is 12.6. The van der Waals surface area contributed by atoms with Crippen LogP contribution in [0.1, 0.15) is 56.2 Å². The highest BCUT2D eigenvalue weighted by Gasteiger charge is 2.29. The van der Waals surface area contributed by atoms with Crippen LogP contribution < -0.4 is 5.73 Å². The number of nitrogens with two attached hydrogens (primary N) is 1. The summed E-state index contributed by atoms with van der Waals surface area (Å²) in [5.74, 6) is 1.52. The van der Waals surface area contributed by atoms with E-state index in [1.54, 1.807) is 0 Å². The molecule has 0 heterocycles. The second-order valence-electron chi connectivity index (χ2n) is 5.56. The monoisotopic (exact) mass is 231 g/mol. The average molecular weight is 231 g/mol. The Morgan fingerprint density at radius 2 is 2.06 bits per heavy atom. The number of benzene rings is 1. The van der Waals surface area contributed by atoms with Crippen LogP contribution in [0.4, 0.5) is 0 Å². The van der Waals surface area contributed by atoms with Gasteiger partial charge >= 0.3 is 0 Å². The fraction of sp³-hybridized carbons (Fsp3) is 0.625. The van der Waals surface area contributed by atoms with Crippen LogP contribution in [0.15, 0.2) is 24.3 Å². The highest BCUT2D eigenvalue weighted by molar-refractivity contribution is 5.25. The summed E-state index contributed by atoms with van der Waals surface area (Å²) >= 11 is 0. The van der Waals surface area contributed by atoms with Gasteiger partial charge in [-0.15, -0.1) is 0 Å². The van der Waals surface area contributed by atoms with Crippen molar-refractivity contribution in [1.29, 1.82) is 0 Å². The minimum atomic E-state index is 0.236. The van der Waals surface area contributed by atoms with Gasteiger partial charge in [0.25, 0.3) is 0 Å². The molecule has 3 atom stereocenters. The molecule has 0 bridgehead atoms. The first-order chi connectivity index (χ1) is 8.22. The van der Waals surface area contributed by atoms with Gasteiger partial charge in [0, 0.05) is 6.04 Å². The smallest absolute Gasteiger partial charge is 0.0326 e. The highest BCUT2D eigenvalue weighted by atomic mass is 14.7. The van der Waals surface area contributed by atoms with Gasteiger partial charge in [-0.05, 0) is 30.7 Å². The van der Waals surface area contributed by atoms with E-state index in [1.165, 1.54) is 43.2 Å². The van der Waals surface area contributed by atoms with E-state index in [0.717, 1.165) is 5.92 Å². The molecule has 0 saturated heterocycles. The molecule has 17 heavy (non-hydrogen) atoms. The third-order valence-electron chi connectivity index (χ3n) is 4.38. The normalized spacial score (nSPS) is 26.8. The molecule has 0 radical (unpaired) electrons. The molecule has 1 fully saturated rings. The van der Waals surface area contributed by atoms with Gasteiger partial charge in [0.1, 0.15) is 0 Å². The van der Waals surface area contributed by atoms with Gasteiger partial charge in [0.2, 0.25) is 0 Å². The molecule has 1 aromatic carbocycles. The summed E-state index contributed by atoms with van der Waals surface area (Å²) in [5.41, 5.74) is 9.15. The predicted molar refractivity (Wildman–Crippen MR) is 73.8 cm³/mol. The van der Waals surface area contributed by atoms with Crippen LogP contribution in [-0.2, 0) is 0 Å². The standard InChI is InChI=1S/C16H25N/c1-3-13-8-4-5-10-15(13)16(17)14-9-6-7-12(2)11-14/h6-7,9,11,13,15-16H,3-5,8,10,17H2,1-2H3. The van der Waals surface area contributed by atoms with Crippen LogP contribution in [0.5, 0.6) is 0 Å². The fourth-order valence-corrected chi connectivity index (χ4v) is 3.34. The maximum absolute atomic E-state index is 6.50. The molecule has 0 aliphatic heterocycles. The lowest BCUT2D eigenvalue weighted by Crippen LogP contribution is -2.30. The zero-order valence-corrected chi connectivity index (χ0v) is 11.2. The Bertz CT molecular complexity index is 358. The Labute approximate surface area is 105 Å². The quantitative estimate of drug-likeness (QED) is 0.828. The molecule has 1 aromatic rings. The van der Waals surface area contributed by atoms with Crippen molar-refractivity contribution in [1.82, 2.24) is 0 Å². The van der Waals surface area contributed by atoms with Gasteiger partial charge in [-0.1, -0.05) is 62.4 Å². The first-order valence-electron chi connectivity index (χ1n) is 7.04. The van der Waals surface area contributed by atoms with E-state index >= 15 is 0 Å². The zero-order valence-electron chi connectivity index (χ0n) is 11.2. The van der Waals surface area contributed by atoms with E-state index in [2.05, 4.69) is 38.1 Å². The van der Waals surface area contributed by atoms with Crippen molar-refractivity contribution in [3.8, 4) is 0 Å². The lowest BCUT2D eigenvalue weighted by molar-refractivity contribution is 0.196. The van der Waals surface area contributed by atoms with Crippen LogP contribution in [0.2, 0.25) is 0 Å². The maximum Gasteiger partial charge on any atom is 0.0326 e. The highest BCUT2D eigenvalue weighted by Crippen LogP contribution is 2.39. The number of aryl methyl sites for hydroxylation is 1. The van der Waals surface area contributed by atoms with Crippen molar-refractivity contribution in [3.63, 3.8) is 0 Å². The molecule has 1 aliphatic carbocycles. The summed E-state index contributed by atoms with van der Waals surface area (Å²) in [4.78, 5) is 0. The van der Waals surface area contributed by atoms with Crippen LogP contribution in [0.3, 0.4) is 0 Å². The van der Waals surface area contributed by atoms with E-state index in [4.69, 9.17) is 5.73 Å².